The Hall–Kier alpha value is -1.71. The van der Waals surface area contributed by atoms with Gasteiger partial charge in [-0.1, -0.05) is 29.8 Å². The number of hydrogen-bond donors (Lipinski definition) is 2. The highest BCUT2D eigenvalue weighted by atomic mass is 35.5. The first-order chi connectivity index (χ1) is 9.65. The minimum Gasteiger partial charge on any atom is -0.506 e. The van der Waals surface area contributed by atoms with Gasteiger partial charge in [-0.3, -0.25) is 0 Å². The molecule has 0 aliphatic carbocycles. The smallest absolute Gasteiger partial charge is 0.134 e. The molecule has 2 N–H and O–H groups in total. The van der Waals surface area contributed by atoms with E-state index in [9.17, 15) is 5.11 Å². The molecule has 3 nitrogen and oxygen atoms in total. The fourth-order valence-electron chi connectivity index (χ4n) is 1.84. The van der Waals surface area contributed by atoms with Gasteiger partial charge in [-0.15, -0.1) is 0 Å². The Kier molecular flexibility index (Phi) is 5.27. The molecule has 0 radical (unpaired) electrons. The van der Waals surface area contributed by atoms with Crippen molar-refractivity contribution in [3.8, 4) is 11.5 Å². The molecule has 0 aliphatic rings. The number of ether oxygens (including phenoxy) is 1. The third-order valence-electron chi connectivity index (χ3n) is 2.88. The van der Waals surface area contributed by atoms with E-state index in [0.717, 1.165) is 17.9 Å². The molecule has 0 aliphatic heterocycles. The second kappa shape index (κ2) is 7.17. The maximum Gasteiger partial charge on any atom is 0.134 e. The molecule has 0 fully saturated rings. The van der Waals surface area contributed by atoms with Crippen molar-refractivity contribution >= 4 is 11.6 Å². The second-order valence-electron chi connectivity index (χ2n) is 4.63. The molecule has 0 bridgehead atoms. The lowest BCUT2D eigenvalue weighted by atomic mass is 10.2. The van der Waals surface area contributed by atoms with Crippen LogP contribution in [0, 0.1) is 6.92 Å². The number of hydrogen-bond acceptors (Lipinski definition) is 3. The molecule has 20 heavy (non-hydrogen) atoms. The molecule has 2 aromatic rings. The summed E-state index contributed by atoms with van der Waals surface area (Å²) in [5.41, 5.74) is 2.22. The van der Waals surface area contributed by atoms with Gasteiger partial charge in [-0.2, -0.15) is 0 Å². The number of phenolic OH excluding ortho intramolecular Hbond substituents is 1. The van der Waals surface area contributed by atoms with E-state index in [1.165, 1.54) is 5.56 Å². The maximum atomic E-state index is 9.33. The Morgan fingerprint density at radius 2 is 2.05 bits per heavy atom. The quantitative estimate of drug-likeness (QED) is 0.800. The summed E-state index contributed by atoms with van der Waals surface area (Å²) in [6.07, 6.45) is 0. The van der Waals surface area contributed by atoms with Crippen LogP contribution in [0.3, 0.4) is 0 Å². The lowest BCUT2D eigenvalue weighted by molar-refractivity contribution is 0.313. The fourth-order valence-corrected chi connectivity index (χ4v) is 2.04. The van der Waals surface area contributed by atoms with E-state index in [1.807, 2.05) is 37.3 Å². The highest BCUT2D eigenvalue weighted by molar-refractivity contribution is 6.32. The summed E-state index contributed by atoms with van der Waals surface area (Å²) in [5.74, 6) is 0.998. The average molecular weight is 292 g/mol. The monoisotopic (exact) mass is 291 g/mol. The van der Waals surface area contributed by atoms with Crippen LogP contribution in [-0.4, -0.2) is 18.3 Å². The molecular formula is C16H18ClNO2. The normalized spacial score (nSPS) is 10.5. The van der Waals surface area contributed by atoms with Crippen molar-refractivity contribution in [2.24, 2.45) is 0 Å². The third kappa shape index (κ3) is 4.44. The molecule has 4 heteroatoms. The van der Waals surface area contributed by atoms with Crippen LogP contribution in [-0.2, 0) is 6.54 Å². The van der Waals surface area contributed by atoms with Crippen molar-refractivity contribution in [3.05, 3.63) is 58.6 Å². The lowest BCUT2D eigenvalue weighted by Crippen LogP contribution is -2.20. The van der Waals surface area contributed by atoms with Gasteiger partial charge in [0.15, 0.2) is 0 Å². The number of benzene rings is 2. The molecule has 0 amide bonds. The van der Waals surface area contributed by atoms with Crippen molar-refractivity contribution < 1.29 is 9.84 Å². The van der Waals surface area contributed by atoms with Crippen LogP contribution in [0.4, 0.5) is 0 Å². The lowest BCUT2D eigenvalue weighted by Gasteiger charge is -2.08. The van der Waals surface area contributed by atoms with E-state index in [2.05, 4.69) is 5.32 Å². The summed E-state index contributed by atoms with van der Waals surface area (Å²) >= 11 is 5.85. The highest BCUT2D eigenvalue weighted by Gasteiger charge is 2.00. The molecule has 0 spiro atoms. The standard InChI is InChI=1S/C16H18ClNO2/c1-12-3-2-4-14(9-12)20-8-7-18-11-13-5-6-16(19)15(17)10-13/h2-6,9-10,18-19H,7-8,11H2,1H3. The minimum absolute atomic E-state index is 0.109. The summed E-state index contributed by atoms with van der Waals surface area (Å²) in [6.45, 7) is 4.08. The summed E-state index contributed by atoms with van der Waals surface area (Å²) in [7, 11) is 0. The van der Waals surface area contributed by atoms with E-state index in [1.54, 1.807) is 12.1 Å². The molecule has 106 valence electrons. The zero-order valence-electron chi connectivity index (χ0n) is 11.4. The number of aryl methyl sites for hydroxylation is 1. The van der Waals surface area contributed by atoms with Gasteiger partial charge < -0.3 is 15.2 Å². The third-order valence-corrected chi connectivity index (χ3v) is 3.18. The van der Waals surface area contributed by atoms with Gasteiger partial charge in [-0.25, -0.2) is 0 Å². The first-order valence-electron chi connectivity index (χ1n) is 6.53. The van der Waals surface area contributed by atoms with Crippen molar-refractivity contribution in [1.82, 2.24) is 5.32 Å². The molecule has 2 aromatic carbocycles. The van der Waals surface area contributed by atoms with Gasteiger partial charge in [0.05, 0.1) is 5.02 Å². The van der Waals surface area contributed by atoms with Crippen LogP contribution in [0.25, 0.3) is 0 Å². The molecule has 0 aromatic heterocycles. The molecule has 0 saturated carbocycles. The Morgan fingerprint density at radius 3 is 2.80 bits per heavy atom. The number of nitrogens with one attached hydrogen (secondary N) is 1. The predicted octanol–water partition coefficient (Wildman–Crippen LogP) is 3.52. The zero-order chi connectivity index (χ0) is 14.4. The predicted molar refractivity (Wildman–Crippen MR) is 81.5 cm³/mol. The van der Waals surface area contributed by atoms with Crippen LogP contribution in [0.5, 0.6) is 11.5 Å². The Morgan fingerprint density at radius 1 is 1.20 bits per heavy atom. The first-order valence-corrected chi connectivity index (χ1v) is 6.90. The Balaban J connectivity index is 1.70. The Labute approximate surface area is 124 Å². The second-order valence-corrected chi connectivity index (χ2v) is 5.03. The van der Waals surface area contributed by atoms with Crippen LogP contribution in [0.1, 0.15) is 11.1 Å². The van der Waals surface area contributed by atoms with Crippen molar-refractivity contribution in [1.29, 1.82) is 0 Å². The zero-order valence-corrected chi connectivity index (χ0v) is 12.2. The number of phenols is 1. The summed E-state index contributed by atoms with van der Waals surface area (Å²) in [6, 6.07) is 13.2. The molecule has 0 saturated heterocycles. The molecule has 0 atom stereocenters. The molecular weight excluding hydrogens is 274 g/mol. The van der Waals surface area contributed by atoms with Crippen LogP contribution in [0.15, 0.2) is 42.5 Å². The largest absolute Gasteiger partial charge is 0.506 e. The fraction of sp³-hybridized carbons (Fsp3) is 0.250. The highest BCUT2D eigenvalue weighted by Crippen LogP contribution is 2.23. The molecule has 0 heterocycles. The minimum atomic E-state index is 0.109. The van der Waals surface area contributed by atoms with Crippen LogP contribution >= 0.6 is 11.6 Å². The summed E-state index contributed by atoms with van der Waals surface area (Å²) in [5, 5.41) is 13.0. The van der Waals surface area contributed by atoms with E-state index in [4.69, 9.17) is 16.3 Å². The van der Waals surface area contributed by atoms with Crippen LogP contribution < -0.4 is 10.1 Å². The summed E-state index contributed by atoms with van der Waals surface area (Å²) in [4.78, 5) is 0. The van der Waals surface area contributed by atoms with E-state index in [0.29, 0.717) is 18.2 Å². The Bertz CT molecular complexity index is 572. The van der Waals surface area contributed by atoms with Gasteiger partial charge in [0.25, 0.3) is 0 Å². The van der Waals surface area contributed by atoms with E-state index < -0.39 is 0 Å². The number of rotatable bonds is 6. The average Bonchev–Trinajstić information content (AvgIpc) is 2.42. The maximum absolute atomic E-state index is 9.33. The van der Waals surface area contributed by atoms with E-state index >= 15 is 0 Å². The summed E-state index contributed by atoms with van der Waals surface area (Å²) < 4.78 is 5.64. The van der Waals surface area contributed by atoms with Gasteiger partial charge in [0.2, 0.25) is 0 Å². The number of halogens is 1. The van der Waals surface area contributed by atoms with Crippen LogP contribution in [0.2, 0.25) is 5.02 Å². The van der Waals surface area contributed by atoms with E-state index in [-0.39, 0.29) is 5.75 Å². The SMILES string of the molecule is Cc1cccc(OCCNCc2ccc(O)c(Cl)c2)c1. The van der Waals surface area contributed by atoms with Gasteiger partial charge >= 0.3 is 0 Å². The van der Waals surface area contributed by atoms with Gasteiger partial charge in [0.1, 0.15) is 18.1 Å². The van der Waals surface area contributed by atoms with Gasteiger partial charge in [-0.05, 0) is 42.3 Å². The van der Waals surface area contributed by atoms with Crippen molar-refractivity contribution in [3.63, 3.8) is 0 Å². The first kappa shape index (κ1) is 14.7. The van der Waals surface area contributed by atoms with Gasteiger partial charge in [0, 0.05) is 13.1 Å². The van der Waals surface area contributed by atoms with Crippen molar-refractivity contribution in [2.45, 2.75) is 13.5 Å². The molecule has 2 rings (SSSR count). The topological polar surface area (TPSA) is 41.5 Å². The number of aromatic hydroxyl groups is 1. The van der Waals surface area contributed by atoms with Crippen molar-refractivity contribution in [2.75, 3.05) is 13.2 Å². The molecule has 0 unspecified atom stereocenters.